The standard InChI is InChI=1S/C21H28O/c1-6-9-16(18-10-7-8-11-20(18)22)17-13-12-15(2)14-19(17)21(3,4)5/h7-8,10-14,16,22H,6,9H2,1-5H3. The Bertz CT molecular complexity index is 635. The third-order valence-electron chi connectivity index (χ3n) is 4.28. The Morgan fingerprint density at radius 1 is 1.00 bits per heavy atom. The number of benzene rings is 2. The number of aromatic hydroxyl groups is 1. The van der Waals surface area contributed by atoms with Crippen molar-refractivity contribution < 1.29 is 5.11 Å². The third-order valence-corrected chi connectivity index (χ3v) is 4.28. The van der Waals surface area contributed by atoms with Crippen LogP contribution in [-0.2, 0) is 5.41 Å². The third kappa shape index (κ3) is 3.52. The number of phenols is 1. The second-order valence-corrected chi connectivity index (χ2v) is 7.24. The van der Waals surface area contributed by atoms with Gasteiger partial charge in [0.15, 0.2) is 0 Å². The van der Waals surface area contributed by atoms with E-state index in [1.165, 1.54) is 16.7 Å². The van der Waals surface area contributed by atoms with Crippen LogP contribution < -0.4 is 0 Å². The minimum atomic E-state index is 0.0950. The lowest BCUT2D eigenvalue weighted by Gasteiger charge is -2.28. The Morgan fingerprint density at radius 2 is 1.68 bits per heavy atom. The fourth-order valence-electron chi connectivity index (χ4n) is 3.17. The van der Waals surface area contributed by atoms with E-state index in [1.54, 1.807) is 6.07 Å². The van der Waals surface area contributed by atoms with Gasteiger partial charge in [0.05, 0.1) is 0 Å². The fourth-order valence-corrected chi connectivity index (χ4v) is 3.17. The smallest absolute Gasteiger partial charge is 0.119 e. The van der Waals surface area contributed by atoms with E-state index < -0.39 is 0 Å². The topological polar surface area (TPSA) is 20.2 Å². The highest BCUT2D eigenvalue weighted by atomic mass is 16.3. The molecule has 22 heavy (non-hydrogen) atoms. The predicted molar refractivity (Wildman–Crippen MR) is 94.7 cm³/mol. The van der Waals surface area contributed by atoms with Gasteiger partial charge in [0.2, 0.25) is 0 Å². The molecule has 0 bridgehead atoms. The van der Waals surface area contributed by atoms with Crippen molar-refractivity contribution in [2.24, 2.45) is 0 Å². The first-order chi connectivity index (χ1) is 10.3. The summed E-state index contributed by atoms with van der Waals surface area (Å²) in [6, 6.07) is 14.5. The van der Waals surface area contributed by atoms with E-state index in [0.717, 1.165) is 18.4 Å². The molecule has 0 aliphatic carbocycles. The maximum Gasteiger partial charge on any atom is 0.119 e. The number of hydrogen-bond acceptors (Lipinski definition) is 1. The van der Waals surface area contributed by atoms with E-state index >= 15 is 0 Å². The molecule has 0 aliphatic heterocycles. The van der Waals surface area contributed by atoms with Gasteiger partial charge in [-0.2, -0.15) is 0 Å². The molecule has 1 atom stereocenters. The molecule has 0 aromatic heterocycles. The summed E-state index contributed by atoms with van der Waals surface area (Å²) >= 11 is 0. The van der Waals surface area contributed by atoms with E-state index in [4.69, 9.17) is 0 Å². The Balaban J connectivity index is 2.62. The normalized spacial score (nSPS) is 13.1. The first-order valence-electron chi connectivity index (χ1n) is 8.23. The molecule has 1 heteroatoms. The molecule has 0 heterocycles. The van der Waals surface area contributed by atoms with Gasteiger partial charge in [-0.3, -0.25) is 0 Å². The van der Waals surface area contributed by atoms with Crippen LogP contribution in [-0.4, -0.2) is 5.11 Å². The average Bonchev–Trinajstić information content (AvgIpc) is 2.45. The molecule has 1 unspecified atom stereocenters. The molecule has 2 rings (SSSR count). The minimum absolute atomic E-state index is 0.0950. The lowest BCUT2D eigenvalue weighted by molar-refractivity contribution is 0.461. The summed E-state index contributed by atoms with van der Waals surface area (Å²) in [5.41, 5.74) is 5.16. The van der Waals surface area contributed by atoms with Gasteiger partial charge in [0, 0.05) is 11.5 Å². The van der Waals surface area contributed by atoms with E-state index in [9.17, 15) is 5.11 Å². The van der Waals surface area contributed by atoms with Gasteiger partial charge in [-0.05, 0) is 36.0 Å². The molecule has 2 aromatic carbocycles. The fraction of sp³-hybridized carbons (Fsp3) is 0.429. The molecular formula is C21H28O. The average molecular weight is 296 g/mol. The Labute approximate surface area is 135 Å². The van der Waals surface area contributed by atoms with Gasteiger partial charge < -0.3 is 5.11 Å². The van der Waals surface area contributed by atoms with Crippen molar-refractivity contribution in [2.45, 2.75) is 58.8 Å². The van der Waals surface area contributed by atoms with Gasteiger partial charge >= 0.3 is 0 Å². The predicted octanol–water partition coefficient (Wildman–Crippen LogP) is 5.93. The molecule has 2 aromatic rings. The molecular weight excluding hydrogens is 268 g/mol. The summed E-state index contributed by atoms with van der Waals surface area (Å²) in [7, 11) is 0. The summed E-state index contributed by atoms with van der Waals surface area (Å²) in [5, 5.41) is 10.3. The molecule has 0 amide bonds. The summed E-state index contributed by atoms with van der Waals surface area (Å²) in [6.45, 7) is 11.1. The molecule has 0 aliphatic rings. The van der Waals surface area contributed by atoms with Crippen LogP contribution in [0.4, 0.5) is 0 Å². The number of para-hydroxylation sites is 1. The molecule has 0 saturated heterocycles. The SMILES string of the molecule is CCCC(c1ccccc1O)c1ccc(C)cc1C(C)(C)C. The highest BCUT2D eigenvalue weighted by Gasteiger charge is 2.25. The van der Waals surface area contributed by atoms with E-state index in [-0.39, 0.29) is 11.3 Å². The summed E-state index contributed by atoms with van der Waals surface area (Å²) in [5.74, 6) is 0.655. The number of hydrogen-bond donors (Lipinski definition) is 1. The second kappa shape index (κ2) is 6.56. The van der Waals surface area contributed by atoms with Crippen LogP contribution in [0.15, 0.2) is 42.5 Å². The minimum Gasteiger partial charge on any atom is -0.508 e. The van der Waals surface area contributed by atoms with Crippen LogP contribution in [0.3, 0.4) is 0 Å². The van der Waals surface area contributed by atoms with Crippen LogP contribution >= 0.6 is 0 Å². The first kappa shape index (κ1) is 16.6. The molecule has 0 saturated carbocycles. The summed E-state index contributed by atoms with van der Waals surface area (Å²) < 4.78 is 0. The zero-order valence-corrected chi connectivity index (χ0v) is 14.5. The summed E-state index contributed by atoms with van der Waals surface area (Å²) in [6.07, 6.45) is 2.14. The van der Waals surface area contributed by atoms with Gasteiger partial charge in [0.25, 0.3) is 0 Å². The lowest BCUT2D eigenvalue weighted by atomic mass is 9.76. The highest BCUT2D eigenvalue weighted by molar-refractivity contribution is 5.47. The van der Waals surface area contributed by atoms with Gasteiger partial charge in [-0.1, -0.05) is 76.1 Å². The van der Waals surface area contributed by atoms with E-state index in [2.05, 4.69) is 58.9 Å². The van der Waals surface area contributed by atoms with Gasteiger partial charge in [-0.25, -0.2) is 0 Å². The van der Waals surface area contributed by atoms with Crippen molar-refractivity contribution >= 4 is 0 Å². The first-order valence-corrected chi connectivity index (χ1v) is 8.23. The maximum atomic E-state index is 10.3. The summed E-state index contributed by atoms with van der Waals surface area (Å²) in [4.78, 5) is 0. The monoisotopic (exact) mass is 296 g/mol. The van der Waals surface area contributed by atoms with E-state index in [1.807, 2.05) is 12.1 Å². The van der Waals surface area contributed by atoms with Gasteiger partial charge in [-0.15, -0.1) is 0 Å². The van der Waals surface area contributed by atoms with Crippen molar-refractivity contribution in [3.05, 3.63) is 64.7 Å². The molecule has 1 N–H and O–H groups in total. The maximum absolute atomic E-state index is 10.3. The van der Waals surface area contributed by atoms with Crippen LogP contribution in [0.1, 0.15) is 68.7 Å². The van der Waals surface area contributed by atoms with Crippen molar-refractivity contribution in [1.82, 2.24) is 0 Å². The molecule has 118 valence electrons. The Morgan fingerprint density at radius 3 is 2.27 bits per heavy atom. The molecule has 1 nitrogen and oxygen atoms in total. The number of aryl methyl sites for hydroxylation is 1. The van der Waals surface area contributed by atoms with Gasteiger partial charge in [0.1, 0.15) is 5.75 Å². The van der Waals surface area contributed by atoms with Crippen LogP contribution in [0.2, 0.25) is 0 Å². The number of rotatable bonds is 4. The van der Waals surface area contributed by atoms with Crippen molar-refractivity contribution in [2.75, 3.05) is 0 Å². The van der Waals surface area contributed by atoms with Crippen molar-refractivity contribution in [3.8, 4) is 5.75 Å². The molecule has 0 fully saturated rings. The van der Waals surface area contributed by atoms with Crippen molar-refractivity contribution in [3.63, 3.8) is 0 Å². The van der Waals surface area contributed by atoms with Crippen LogP contribution in [0.5, 0.6) is 5.75 Å². The lowest BCUT2D eigenvalue weighted by Crippen LogP contribution is -2.17. The largest absolute Gasteiger partial charge is 0.508 e. The zero-order valence-electron chi connectivity index (χ0n) is 14.5. The van der Waals surface area contributed by atoms with E-state index in [0.29, 0.717) is 5.75 Å². The quantitative estimate of drug-likeness (QED) is 0.741. The molecule has 0 spiro atoms. The van der Waals surface area contributed by atoms with Crippen LogP contribution in [0, 0.1) is 6.92 Å². The highest BCUT2D eigenvalue weighted by Crippen LogP contribution is 2.39. The zero-order chi connectivity index (χ0) is 16.3. The van der Waals surface area contributed by atoms with Crippen LogP contribution in [0.25, 0.3) is 0 Å². The number of phenolic OH excluding ortho intramolecular Hbond substituents is 1. The van der Waals surface area contributed by atoms with Crippen molar-refractivity contribution in [1.29, 1.82) is 0 Å². The molecule has 0 radical (unpaired) electrons. The Hall–Kier alpha value is -1.76. The second-order valence-electron chi connectivity index (χ2n) is 7.24. The Kier molecular flexibility index (Phi) is 4.95.